The van der Waals surface area contributed by atoms with Gasteiger partial charge in [0, 0.05) is 11.8 Å². The summed E-state index contributed by atoms with van der Waals surface area (Å²) in [4.78, 5) is 9.81. The van der Waals surface area contributed by atoms with Gasteiger partial charge in [0.05, 0.1) is 0 Å². The maximum absolute atomic E-state index is 9.81. The molecule has 0 atom stereocenters. The van der Waals surface area contributed by atoms with Crippen molar-refractivity contribution in [2.75, 3.05) is 0 Å². The van der Waals surface area contributed by atoms with Gasteiger partial charge in [0.2, 0.25) is 0 Å². The van der Waals surface area contributed by atoms with Crippen molar-refractivity contribution < 1.29 is 9.90 Å². The Hall–Kier alpha value is -0.990. The molecule has 0 rings (SSSR count). The van der Waals surface area contributed by atoms with Crippen molar-refractivity contribution in [1.29, 1.82) is 0 Å². The molecule has 0 bridgehead atoms. The van der Waals surface area contributed by atoms with Crippen LogP contribution in [0.4, 0.5) is 0 Å². The van der Waals surface area contributed by atoms with Crippen LogP contribution >= 0.6 is 0 Å². The maximum atomic E-state index is 9.81. The Bertz CT molecular complexity index is 118. The fourth-order valence-electron chi connectivity index (χ4n) is 0.261. The predicted octanol–water partition coefficient (Wildman–Crippen LogP) is 0.324. The summed E-state index contributed by atoms with van der Waals surface area (Å²) in [5.41, 5.74) is 5.55. The first-order valence-corrected chi connectivity index (χ1v) is 2.35. The quantitative estimate of drug-likeness (QED) is 0.509. The minimum absolute atomic E-state index is 0.400. The van der Waals surface area contributed by atoms with E-state index in [1.165, 1.54) is 0 Å². The van der Waals surface area contributed by atoms with Crippen molar-refractivity contribution in [3.8, 4) is 0 Å². The number of nitrogens with two attached hydrogens (primary N) is 1. The summed E-state index contributed by atoms with van der Waals surface area (Å²) >= 11 is 0. The molecule has 3 N–H and O–H groups in total. The first-order valence-electron chi connectivity index (χ1n) is 2.35. The van der Waals surface area contributed by atoms with Crippen LogP contribution in [0, 0.1) is 0 Å². The van der Waals surface area contributed by atoms with Crippen LogP contribution in [0.1, 0.15) is 13.3 Å². The van der Waals surface area contributed by atoms with Gasteiger partial charge in [0.15, 0.2) is 0 Å². The van der Waals surface area contributed by atoms with Crippen LogP contribution in [0.2, 0.25) is 0 Å². The van der Waals surface area contributed by atoms with Gasteiger partial charge < -0.3 is 10.8 Å². The minimum Gasteiger partial charge on any atom is -0.478 e. The Labute approximate surface area is 47.8 Å². The van der Waals surface area contributed by atoms with Crippen molar-refractivity contribution in [3.05, 3.63) is 11.8 Å². The molecule has 0 fully saturated rings. The fraction of sp³-hybridized carbons (Fsp3) is 0.400. The average Bonchev–Trinajstić information content (AvgIpc) is 1.65. The molecule has 0 aromatic rings. The molecule has 0 saturated carbocycles. The standard InChI is InChI=1S/C5H9NO2/c1-2-4(6)3-5(7)8/h3H,2,6H2,1H3,(H,7,8)/b4-3-. The second-order valence-electron chi connectivity index (χ2n) is 1.41. The van der Waals surface area contributed by atoms with E-state index in [4.69, 9.17) is 10.8 Å². The van der Waals surface area contributed by atoms with E-state index in [0.29, 0.717) is 12.1 Å². The summed E-state index contributed by atoms with van der Waals surface area (Å²) < 4.78 is 0. The molecule has 0 unspecified atom stereocenters. The first-order chi connectivity index (χ1) is 3.66. The Morgan fingerprint density at radius 2 is 2.38 bits per heavy atom. The van der Waals surface area contributed by atoms with Crippen LogP contribution in [0.5, 0.6) is 0 Å². The van der Waals surface area contributed by atoms with Gasteiger partial charge in [-0.3, -0.25) is 0 Å². The van der Waals surface area contributed by atoms with Crippen LogP contribution < -0.4 is 5.73 Å². The van der Waals surface area contributed by atoms with Gasteiger partial charge in [-0.1, -0.05) is 6.92 Å². The highest BCUT2D eigenvalue weighted by molar-refractivity contribution is 5.80. The topological polar surface area (TPSA) is 63.3 Å². The van der Waals surface area contributed by atoms with E-state index in [2.05, 4.69) is 0 Å². The number of rotatable bonds is 2. The van der Waals surface area contributed by atoms with Gasteiger partial charge in [0.1, 0.15) is 0 Å². The molecule has 0 aliphatic rings. The van der Waals surface area contributed by atoms with Gasteiger partial charge in [-0.25, -0.2) is 4.79 Å². The zero-order valence-corrected chi connectivity index (χ0v) is 4.72. The molecule has 0 heterocycles. The molecule has 0 aliphatic carbocycles. The van der Waals surface area contributed by atoms with Crippen LogP contribution in [-0.2, 0) is 4.79 Å². The fourth-order valence-corrected chi connectivity index (χ4v) is 0.261. The maximum Gasteiger partial charge on any atom is 0.330 e. The SMILES string of the molecule is CC/C(N)=C/C(=O)O. The highest BCUT2D eigenvalue weighted by Gasteiger charge is 1.88. The van der Waals surface area contributed by atoms with E-state index in [1.807, 2.05) is 0 Å². The number of allylic oxidation sites excluding steroid dienone is 1. The zero-order chi connectivity index (χ0) is 6.57. The molecule has 0 amide bonds. The average molecular weight is 115 g/mol. The lowest BCUT2D eigenvalue weighted by Crippen LogP contribution is -1.99. The molecule has 0 saturated heterocycles. The zero-order valence-electron chi connectivity index (χ0n) is 4.72. The third-order valence-electron chi connectivity index (χ3n) is 0.717. The molecule has 0 spiro atoms. The molecular weight excluding hydrogens is 106 g/mol. The number of carboxylic acids is 1. The summed E-state index contributed by atoms with van der Waals surface area (Å²) in [6.07, 6.45) is 1.59. The molecule has 3 nitrogen and oxygen atoms in total. The van der Waals surface area contributed by atoms with Crippen molar-refractivity contribution in [2.45, 2.75) is 13.3 Å². The van der Waals surface area contributed by atoms with Gasteiger partial charge in [-0.05, 0) is 6.42 Å². The van der Waals surface area contributed by atoms with E-state index in [1.54, 1.807) is 6.92 Å². The van der Waals surface area contributed by atoms with E-state index < -0.39 is 5.97 Å². The Morgan fingerprint density at radius 1 is 1.88 bits per heavy atom. The van der Waals surface area contributed by atoms with E-state index >= 15 is 0 Å². The lowest BCUT2D eigenvalue weighted by molar-refractivity contribution is -0.131. The minimum atomic E-state index is -0.982. The third-order valence-corrected chi connectivity index (χ3v) is 0.717. The number of hydrogen-bond donors (Lipinski definition) is 2. The highest BCUT2D eigenvalue weighted by Crippen LogP contribution is 1.87. The largest absolute Gasteiger partial charge is 0.478 e. The number of carboxylic acid groups (broad SMARTS) is 1. The molecule has 46 valence electrons. The number of carbonyl (C=O) groups is 1. The second-order valence-corrected chi connectivity index (χ2v) is 1.41. The lowest BCUT2D eigenvalue weighted by atomic mass is 10.3. The van der Waals surface area contributed by atoms with Crippen LogP contribution in [0.3, 0.4) is 0 Å². The summed E-state index contributed by atoms with van der Waals surface area (Å²) in [5, 5.41) is 8.06. The van der Waals surface area contributed by atoms with Gasteiger partial charge in [0.25, 0.3) is 0 Å². The van der Waals surface area contributed by atoms with Crippen LogP contribution in [0.15, 0.2) is 11.8 Å². The summed E-state index contributed by atoms with van der Waals surface area (Å²) in [6, 6.07) is 0. The molecule has 0 radical (unpaired) electrons. The van der Waals surface area contributed by atoms with E-state index in [0.717, 1.165) is 6.08 Å². The lowest BCUT2D eigenvalue weighted by Gasteiger charge is -1.88. The molecule has 0 aromatic carbocycles. The van der Waals surface area contributed by atoms with Crippen molar-refractivity contribution in [2.24, 2.45) is 5.73 Å². The van der Waals surface area contributed by atoms with Gasteiger partial charge in [-0.2, -0.15) is 0 Å². The molecular formula is C5H9NO2. The molecule has 8 heavy (non-hydrogen) atoms. The van der Waals surface area contributed by atoms with E-state index in [-0.39, 0.29) is 0 Å². The molecule has 0 aliphatic heterocycles. The highest BCUT2D eigenvalue weighted by atomic mass is 16.4. The normalized spacial score (nSPS) is 11.4. The summed E-state index contributed by atoms with van der Waals surface area (Å²) in [6.45, 7) is 1.80. The Kier molecular flexibility index (Phi) is 2.69. The van der Waals surface area contributed by atoms with Crippen LogP contribution in [0.25, 0.3) is 0 Å². The Balaban J connectivity index is 3.75. The first kappa shape index (κ1) is 7.01. The van der Waals surface area contributed by atoms with Crippen molar-refractivity contribution in [1.82, 2.24) is 0 Å². The Morgan fingerprint density at radius 3 is 2.50 bits per heavy atom. The summed E-state index contributed by atoms with van der Waals surface area (Å²) in [7, 11) is 0. The molecule has 0 aromatic heterocycles. The van der Waals surface area contributed by atoms with Crippen molar-refractivity contribution >= 4 is 5.97 Å². The van der Waals surface area contributed by atoms with E-state index in [9.17, 15) is 4.79 Å². The third kappa shape index (κ3) is 3.21. The summed E-state index contributed by atoms with van der Waals surface area (Å²) in [5.74, 6) is -0.982. The van der Waals surface area contributed by atoms with Gasteiger partial charge in [-0.15, -0.1) is 0 Å². The smallest absolute Gasteiger partial charge is 0.330 e. The molecule has 3 heteroatoms. The predicted molar refractivity (Wildman–Crippen MR) is 30.2 cm³/mol. The second kappa shape index (κ2) is 3.07. The van der Waals surface area contributed by atoms with Gasteiger partial charge >= 0.3 is 5.97 Å². The number of aliphatic carboxylic acids is 1. The van der Waals surface area contributed by atoms with Crippen molar-refractivity contribution in [3.63, 3.8) is 0 Å². The van der Waals surface area contributed by atoms with Crippen LogP contribution in [-0.4, -0.2) is 11.1 Å². The number of hydrogen-bond acceptors (Lipinski definition) is 2. The monoisotopic (exact) mass is 115 g/mol.